The highest BCUT2D eigenvalue weighted by Crippen LogP contribution is 2.15. The van der Waals surface area contributed by atoms with E-state index in [2.05, 4.69) is 10.6 Å². The number of hydrogen-bond donors (Lipinski definition) is 2. The van der Waals surface area contributed by atoms with Gasteiger partial charge in [-0.2, -0.15) is 0 Å². The summed E-state index contributed by atoms with van der Waals surface area (Å²) in [6.45, 7) is 3.82. The maximum atomic E-state index is 11.9. The molecule has 1 atom stereocenters. The number of carbonyl (C=O) groups excluding carboxylic acids is 1. The van der Waals surface area contributed by atoms with E-state index in [1.54, 1.807) is 0 Å². The quantitative estimate of drug-likeness (QED) is 0.876. The van der Waals surface area contributed by atoms with Gasteiger partial charge in [-0.15, -0.1) is 0 Å². The first kappa shape index (κ1) is 15.3. The Morgan fingerprint density at radius 2 is 2.00 bits per heavy atom. The maximum absolute atomic E-state index is 11.9. The second kappa shape index (κ2) is 7.62. The fourth-order valence-corrected chi connectivity index (χ4v) is 2.36. The van der Waals surface area contributed by atoms with Crippen molar-refractivity contribution in [2.24, 2.45) is 0 Å². The Labute approximate surface area is 124 Å². The fourth-order valence-electron chi connectivity index (χ4n) is 2.24. The molecule has 5 heteroatoms. The maximum Gasteiger partial charge on any atom is 0.234 e. The minimum Gasteiger partial charge on any atom is -0.381 e. The SMILES string of the molecule is C[C@H](NCC(=O)NC1CCOCC1)c1ccc(Cl)cc1. The van der Waals surface area contributed by atoms with E-state index < -0.39 is 0 Å². The summed E-state index contributed by atoms with van der Waals surface area (Å²) in [6.07, 6.45) is 1.80. The number of nitrogens with one attached hydrogen (secondary N) is 2. The van der Waals surface area contributed by atoms with E-state index in [4.69, 9.17) is 16.3 Å². The highest BCUT2D eigenvalue weighted by molar-refractivity contribution is 6.30. The lowest BCUT2D eigenvalue weighted by Gasteiger charge is -2.23. The van der Waals surface area contributed by atoms with E-state index in [0.29, 0.717) is 6.54 Å². The summed E-state index contributed by atoms with van der Waals surface area (Å²) in [6, 6.07) is 8.03. The van der Waals surface area contributed by atoms with Gasteiger partial charge in [-0.25, -0.2) is 0 Å². The van der Waals surface area contributed by atoms with Crippen molar-refractivity contribution in [1.29, 1.82) is 0 Å². The monoisotopic (exact) mass is 296 g/mol. The predicted octanol–water partition coefficient (Wildman–Crippen LogP) is 2.29. The molecule has 0 aromatic heterocycles. The van der Waals surface area contributed by atoms with E-state index in [1.807, 2.05) is 31.2 Å². The van der Waals surface area contributed by atoms with Crippen molar-refractivity contribution in [2.45, 2.75) is 31.8 Å². The molecule has 1 aromatic rings. The van der Waals surface area contributed by atoms with Crippen molar-refractivity contribution in [2.75, 3.05) is 19.8 Å². The van der Waals surface area contributed by atoms with Gasteiger partial charge in [0.2, 0.25) is 5.91 Å². The molecule has 0 spiro atoms. The van der Waals surface area contributed by atoms with Crippen LogP contribution in [0.25, 0.3) is 0 Å². The second-order valence-electron chi connectivity index (χ2n) is 5.11. The second-order valence-corrected chi connectivity index (χ2v) is 5.54. The first-order chi connectivity index (χ1) is 9.65. The van der Waals surface area contributed by atoms with Gasteiger partial charge in [0.05, 0.1) is 6.54 Å². The standard InChI is InChI=1S/C15H21ClN2O2/c1-11(12-2-4-13(16)5-3-12)17-10-15(19)18-14-6-8-20-9-7-14/h2-5,11,14,17H,6-10H2,1H3,(H,18,19)/t11-/m0/s1. The molecule has 1 aliphatic rings. The average molecular weight is 297 g/mol. The van der Waals surface area contributed by atoms with E-state index in [1.165, 1.54) is 0 Å². The Hall–Kier alpha value is -1.10. The van der Waals surface area contributed by atoms with Gasteiger partial charge in [0, 0.05) is 30.3 Å². The van der Waals surface area contributed by atoms with E-state index in [-0.39, 0.29) is 18.0 Å². The molecule has 1 saturated heterocycles. The molecule has 1 heterocycles. The summed E-state index contributed by atoms with van der Waals surface area (Å²) >= 11 is 5.86. The zero-order valence-corrected chi connectivity index (χ0v) is 12.5. The third kappa shape index (κ3) is 4.78. The van der Waals surface area contributed by atoms with Crippen LogP contribution in [0.15, 0.2) is 24.3 Å². The van der Waals surface area contributed by atoms with Crippen LogP contribution in [0, 0.1) is 0 Å². The summed E-state index contributed by atoms with van der Waals surface area (Å²) in [5.74, 6) is 0.0395. The van der Waals surface area contributed by atoms with Gasteiger partial charge in [-0.1, -0.05) is 23.7 Å². The molecule has 1 amide bonds. The van der Waals surface area contributed by atoms with E-state index in [9.17, 15) is 4.79 Å². The lowest BCUT2D eigenvalue weighted by molar-refractivity contribution is -0.121. The summed E-state index contributed by atoms with van der Waals surface area (Å²) in [5, 5.41) is 6.97. The topological polar surface area (TPSA) is 50.4 Å². The summed E-state index contributed by atoms with van der Waals surface area (Å²) in [5.41, 5.74) is 1.12. The van der Waals surface area contributed by atoms with Crippen LogP contribution < -0.4 is 10.6 Å². The van der Waals surface area contributed by atoms with Crippen LogP contribution in [0.5, 0.6) is 0 Å². The lowest BCUT2D eigenvalue weighted by atomic mass is 10.1. The Kier molecular flexibility index (Phi) is 5.83. The third-order valence-electron chi connectivity index (χ3n) is 3.53. The van der Waals surface area contributed by atoms with Crippen LogP contribution in [0.1, 0.15) is 31.4 Å². The lowest BCUT2D eigenvalue weighted by Crippen LogP contribution is -2.43. The molecule has 1 aromatic carbocycles. The third-order valence-corrected chi connectivity index (χ3v) is 3.78. The molecule has 0 radical (unpaired) electrons. The van der Waals surface area contributed by atoms with Crippen LogP contribution in [0.3, 0.4) is 0 Å². The first-order valence-corrected chi connectivity index (χ1v) is 7.39. The van der Waals surface area contributed by atoms with Crippen LogP contribution >= 0.6 is 11.6 Å². The Balaban J connectivity index is 1.73. The number of rotatable bonds is 5. The number of benzene rings is 1. The molecular weight excluding hydrogens is 276 g/mol. The highest BCUT2D eigenvalue weighted by Gasteiger charge is 2.16. The van der Waals surface area contributed by atoms with Crippen molar-refractivity contribution >= 4 is 17.5 Å². The molecule has 0 saturated carbocycles. The summed E-state index contributed by atoms with van der Waals surface area (Å²) in [7, 11) is 0. The molecule has 1 aliphatic heterocycles. The largest absolute Gasteiger partial charge is 0.381 e. The van der Waals surface area contributed by atoms with Gasteiger partial charge in [0.1, 0.15) is 0 Å². The molecule has 20 heavy (non-hydrogen) atoms. The number of hydrogen-bond acceptors (Lipinski definition) is 3. The van der Waals surface area contributed by atoms with Crippen LogP contribution in [0.2, 0.25) is 5.02 Å². The fraction of sp³-hybridized carbons (Fsp3) is 0.533. The molecular formula is C15H21ClN2O2. The van der Waals surface area contributed by atoms with Crippen LogP contribution in [-0.2, 0) is 9.53 Å². The summed E-state index contributed by atoms with van der Waals surface area (Å²) in [4.78, 5) is 11.9. The van der Waals surface area contributed by atoms with Crippen molar-refractivity contribution < 1.29 is 9.53 Å². The van der Waals surface area contributed by atoms with E-state index >= 15 is 0 Å². The molecule has 0 bridgehead atoms. The van der Waals surface area contributed by atoms with E-state index in [0.717, 1.165) is 36.6 Å². The number of carbonyl (C=O) groups is 1. The molecule has 0 unspecified atom stereocenters. The van der Waals surface area contributed by atoms with Crippen molar-refractivity contribution in [3.8, 4) is 0 Å². The van der Waals surface area contributed by atoms with Crippen LogP contribution in [0.4, 0.5) is 0 Å². The average Bonchev–Trinajstić information content (AvgIpc) is 2.46. The molecule has 1 fully saturated rings. The number of halogens is 1. The smallest absolute Gasteiger partial charge is 0.234 e. The van der Waals surface area contributed by atoms with Gasteiger partial charge in [-0.3, -0.25) is 4.79 Å². The minimum absolute atomic E-state index is 0.0395. The molecule has 2 rings (SSSR count). The van der Waals surface area contributed by atoms with Crippen molar-refractivity contribution in [3.05, 3.63) is 34.9 Å². The highest BCUT2D eigenvalue weighted by atomic mass is 35.5. The van der Waals surface area contributed by atoms with Gasteiger partial charge in [0.15, 0.2) is 0 Å². The van der Waals surface area contributed by atoms with Gasteiger partial charge in [0.25, 0.3) is 0 Å². The Morgan fingerprint density at radius 3 is 2.65 bits per heavy atom. The first-order valence-electron chi connectivity index (χ1n) is 7.01. The van der Waals surface area contributed by atoms with Crippen LogP contribution in [-0.4, -0.2) is 31.7 Å². The van der Waals surface area contributed by atoms with Gasteiger partial charge >= 0.3 is 0 Å². The summed E-state index contributed by atoms with van der Waals surface area (Å²) < 4.78 is 5.27. The minimum atomic E-state index is 0.0395. The zero-order chi connectivity index (χ0) is 14.4. The van der Waals surface area contributed by atoms with Gasteiger partial charge < -0.3 is 15.4 Å². The molecule has 2 N–H and O–H groups in total. The molecule has 4 nitrogen and oxygen atoms in total. The Morgan fingerprint density at radius 1 is 1.35 bits per heavy atom. The molecule has 0 aliphatic carbocycles. The zero-order valence-electron chi connectivity index (χ0n) is 11.7. The Bertz CT molecular complexity index is 430. The van der Waals surface area contributed by atoms with Crippen molar-refractivity contribution in [1.82, 2.24) is 10.6 Å². The predicted molar refractivity (Wildman–Crippen MR) is 79.9 cm³/mol. The number of amides is 1. The molecule has 110 valence electrons. The van der Waals surface area contributed by atoms with Crippen molar-refractivity contribution in [3.63, 3.8) is 0 Å². The normalized spacial score (nSPS) is 17.7. The van der Waals surface area contributed by atoms with Gasteiger partial charge in [-0.05, 0) is 37.5 Å². The number of ether oxygens (including phenoxy) is 1.